The summed E-state index contributed by atoms with van der Waals surface area (Å²) in [6.07, 6.45) is 36.0. The highest BCUT2D eigenvalue weighted by Crippen LogP contribution is 2.32. The molecule has 4 fully saturated rings. The quantitative estimate of drug-likeness (QED) is 0.0240. The molecule has 6 heterocycles. The lowest BCUT2D eigenvalue weighted by atomic mass is 9.95. The van der Waals surface area contributed by atoms with Gasteiger partial charge in [0.25, 0.3) is 0 Å². The van der Waals surface area contributed by atoms with Crippen LogP contribution in [-0.2, 0) is 36.6 Å². The number of anilines is 6. The van der Waals surface area contributed by atoms with Crippen molar-refractivity contribution in [2.24, 2.45) is 0 Å². The molecule has 18 nitrogen and oxygen atoms in total. The van der Waals surface area contributed by atoms with Gasteiger partial charge in [0.2, 0.25) is 11.9 Å². The second-order valence-electron chi connectivity index (χ2n) is 22.5. The van der Waals surface area contributed by atoms with Gasteiger partial charge >= 0.3 is 0 Å². The summed E-state index contributed by atoms with van der Waals surface area (Å²) in [5.41, 5.74) is 7.69. The zero-order valence-corrected chi connectivity index (χ0v) is 47.2. The third kappa shape index (κ3) is 19.5. The lowest BCUT2D eigenvalue weighted by molar-refractivity contribution is -0.169. The number of benzene rings is 2. The molecule has 2 aliphatic heterocycles. The van der Waals surface area contributed by atoms with Gasteiger partial charge in [0.1, 0.15) is 25.0 Å². The molecule has 2 unspecified atom stereocenters. The van der Waals surface area contributed by atoms with Crippen LogP contribution in [-0.4, -0.2) is 101 Å². The number of rotatable bonds is 29. The Kier molecular flexibility index (Phi) is 25.0. The minimum absolute atomic E-state index is 0. The standard InChI is InChI=1S/C36H52N6O4.C26H36N6O2.CH4/c43-30(25-46-32-18-10-12-24-45-32)16-8-3-1-2-5-13-27-19-21-29(22-20-27)39-36-40-34(38-28-14-6-4-7-15-28)33-35(41-36)42(26-37-33)31-17-9-11-23-44-31;33-17-22(34)12-8-3-1-2-5-9-19-13-15-21(16-14-19)30-26-31-24-23(27-18-28-24)25(32-26)29-20-10-6-4-7-11-20;/h19-22,26,28,31-32H,1-18,23-25H2,(H2,38,39,40,41);13-16,18,20,33H,1-12,17H2,(H3,27,28,29,30,31,32);1H4. The van der Waals surface area contributed by atoms with Gasteiger partial charge in [-0.15, -0.1) is 0 Å². The summed E-state index contributed by atoms with van der Waals surface area (Å²) < 4.78 is 19.3. The zero-order valence-electron chi connectivity index (χ0n) is 47.2. The lowest BCUT2D eigenvalue weighted by Crippen LogP contribution is -2.25. The van der Waals surface area contributed by atoms with E-state index in [1.807, 2.05) is 6.33 Å². The van der Waals surface area contributed by atoms with Crippen LogP contribution in [0.2, 0.25) is 0 Å². The van der Waals surface area contributed by atoms with Gasteiger partial charge in [0.05, 0.1) is 12.7 Å². The maximum Gasteiger partial charge on any atom is 0.231 e. The Morgan fingerprint density at radius 2 is 1.14 bits per heavy atom. The number of hydrogen-bond donors (Lipinski definition) is 6. The molecule has 2 saturated heterocycles. The van der Waals surface area contributed by atoms with E-state index >= 15 is 0 Å². The van der Waals surface area contributed by atoms with Crippen LogP contribution < -0.4 is 21.3 Å². The van der Waals surface area contributed by atoms with Gasteiger partial charge in [-0.25, -0.2) is 9.97 Å². The van der Waals surface area contributed by atoms with Gasteiger partial charge < -0.3 is 45.6 Å². The fourth-order valence-corrected chi connectivity index (χ4v) is 11.4. The van der Waals surface area contributed by atoms with E-state index < -0.39 is 0 Å². The Hall–Kier alpha value is -6.08. The number of unbranched alkanes of at least 4 members (excludes halogenated alkanes) is 8. The first kappa shape index (κ1) is 61.0. The van der Waals surface area contributed by atoms with Gasteiger partial charge in [-0.05, 0) is 138 Å². The van der Waals surface area contributed by atoms with Gasteiger partial charge in [-0.2, -0.15) is 19.9 Å². The summed E-state index contributed by atoms with van der Waals surface area (Å²) in [6, 6.07) is 17.9. The van der Waals surface area contributed by atoms with E-state index in [1.54, 1.807) is 6.33 Å². The average Bonchev–Trinajstić information content (AvgIpc) is 4.18. The second kappa shape index (κ2) is 33.1. The van der Waals surface area contributed by atoms with Crippen LogP contribution >= 0.6 is 0 Å². The number of aryl methyl sites for hydroxylation is 2. The van der Waals surface area contributed by atoms with E-state index in [0.717, 1.165) is 175 Å². The van der Waals surface area contributed by atoms with E-state index in [0.29, 0.717) is 42.5 Å². The molecule has 0 amide bonds. The van der Waals surface area contributed by atoms with Crippen molar-refractivity contribution in [3.8, 4) is 0 Å². The van der Waals surface area contributed by atoms with Gasteiger partial charge in [0, 0.05) is 49.5 Å². The number of carbonyl (C=O) groups excluding carboxylic acids is 2. The average molecular weight is 1110 g/mol. The Labute approximate surface area is 480 Å². The summed E-state index contributed by atoms with van der Waals surface area (Å²) in [5.74, 6) is 2.87. The number of aromatic amines is 1. The minimum Gasteiger partial charge on any atom is -0.389 e. The van der Waals surface area contributed by atoms with Gasteiger partial charge in [-0.3, -0.25) is 14.2 Å². The van der Waals surface area contributed by atoms with Crippen LogP contribution in [0.1, 0.15) is 205 Å². The molecule has 6 N–H and O–H groups in total. The molecule has 18 heteroatoms. The van der Waals surface area contributed by atoms with Crippen LogP contribution in [0.3, 0.4) is 0 Å². The number of nitrogens with zero attached hydrogens (tertiary/aromatic N) is 7. The number of imidazole rings is 2. The zero-order chi connectivity index (χ0) is 55.0. The van der Waals surface area contributed by atoms with E-state index in [2.05, 4.69) is 89.3 Å². The highest BCUT2D eigenvalue weighted by molar-refractivity contribution is 5.86. The summed E-state index contributed by atoms with van der Waals surface area (Å²) in [6.45, 7) is 1.38. The first-order chi connectivity index (χ1) is 39.4. The summed E-state index contributed by atoms with van der Waals surface area (Å²) in [7, 11) is 0. The van der Waals surface area contributed by atoms with Crippen molar-refractivity contribution < 1.29 is 28.9 Å². The van der Waals surface area contributed by atoms with Crippen LogP contribution in [0.15, 0.2) is 61.2 Å². The molecular weight excluding hydrogens is 1020 g/mol. The molecule has 4 aromatic heterocycles. The molecule has 440 valence electrons. The van der Waals surface area contributed by atoms with Crippen molar-refractivity contribution in [3.63, 3.8) is 0 Å². The van der Waals surface area contributed by atoms with Crippen molar-refractivity contribution in [1.82, 2.24) is 39.5 Å². The molecule has 6 aromatic rings. The smallest absolute Gasteiger partial charge is 0.231 e. The Bertz CT molecular complexity index is 2780. The Morgan fingerprint density at radius 3 is 1.73 bits per heavy atom. The Balaban J connectivity index is 0.000000219. The summed E-state index contributed by atoms with van der Waals surface area (Å²) in [5, 5.41) is 22.8. The highest BCUT2D eigenvalue weighted by Gasteiger charge is 2.24. The molecule has 4 aliphatic rings. The van der Waals surface area contributed by atoms with Gasteiger partial charge in [-0.1, -0.05) is 109 Å². The third-order valence-electron chi connectivity index (χ3n) is 16.1. The third-order valence-corrected chi connectivity index (χ3v) is 16.1. The van der Waals surface area contributed by atoms with Crippen LogP contribution in [0.4, 0.5) is 34.9 Å². The molecule has 2 atom stereocenters. The van der Waals surface area contributed by atoms with Crippen molar-refractivity contribution in [2.75, 3.05) is 47.7 Å². The van der Waals surface area contributed by atoms with Crippen LogP contribution in [0.25, 0.3) is 22.3 Å². The normalized spacial score (nSPS) is 17.9. The fraction of sp³-hybridized carbons (Fsp3) is 0.619. The topological polar surface area (TPSA) is 228 Å². The Morgan fingerprint density at radius 1 is 0.593 bits per heavy atom. The van der Waals surface area contributed by atoms with Crippen molar-refractivity contribution in [1.29, 1.82) is 0 Å². The first-order valence-corrected chi connectivity index (χ1v) is 30.6. The second-order valence-corrected chi connectivity index (χ2v) is 22.5. The van der Waals surface area contributed by atoms with E-state index in [9.17, 15) is 9.59 Å². The largest absolute Gasteiger partial charge is 0.389 e. The number of ether oxygens (including phenoxy) is 3. The number of aliphatic hydroxyl groups excluding tert-OH is 1. The predicted molar refractivity (Wildman–Crippen MR) is 322 cm³/mol. The first-order valence-electron chi connectivity index (χ1n) is 30.6. The molecule has 2 aromatic carbocycles. The van der Waals surface area contributed by atoms with Crippen molar-refractivity contribution >= 4 is 68.8 Å². The number of fused-ring (bicyclic) bond motifs is 2. The van der Waals surface area contributed by atoms with E-state index in [-0.39, 0.29) is 44.7 Å². The SMILES string of the molecule is C.O=C(CCCCCCCc1ccc(Nc2nc(NC3CCCCC3)c3ncn(C4CCCCO4)c3n2)cc1)COC1CCCCO1.O=C(CO)CCCCCCCc1ccc(Nc2nc(NC3CCCCC3)c3[nH]cnc3n2)cc1. The predicted octanol–water partition coefficient (Wildman–Crippen LogP) is 13.9. The number of nitrogens with one attached hydrogen (secondary N) is 5. The fourth-order valence-electron chi connectivity index (χ4n) is 11.4. The van der Waals surface area contributed by atoms with Gasteiger partial charge in [0.15, 0.2) is 46.3 Å². The number of carbonyl (C=O) groups is 2. The summed E-state index contributed by atoms with van der Waals surface area (Å²) >= 11 is 0. The number of ketones is 2. The number of aliphatic hydroxyl groups is 1. The monoisotopic (exact) mass is 1110 g/mol. The van der Waals surface area contributed by atoms with E-state index in [4.69, 9.17) is 39.3 Å². The van der Waals surface area contributed by atoms with Crippen LogP contribution in [0, 0.1) is 0 Å². The molecule has 0 spiro atoms. The van der Waals surface area contributed by atoms with Crippen molar-refractivity contribution in [2.45, 2.75) is 225 Å². The number of aromatic nitrogens is 8. The number of hydrogen-bond acceptors (Lipinski definition) is 16. The molecule has 10 rings (SSSR count). The van der Waals surface area contributed by atoms with Crippen LogP contribution in [0.5, 0.6) is 0 Å². The number of Topliss-reactive ketones (excluding diaryl/α,β-unsaturated/α-hetero) is 2. The molecule has 2 aliphatic carbocycles. The minimum atomic E-state index is -0.326. The maximum atomic E-state index is 12.1. The lowest BCUT2D eigenvalue weighted by Gasteiger charge is -2.25. The molecule has 0 radical (unpaired) electrons. The summed E-state index contributed by atoms with van der Waals surface area (Å²) in [4.78, 5) is 54.6. The van der Waals surface area contributed by atoms with E-state index in [1.165, 1.54) is 68.9 Å². The molecule has 0 bridgehead atoms. The highest BCUT2D eigenvalue weighted by atomic mass is 16.7. The maximum absolute atomic E-state index is 12.1. The van der Waals surface area contributed by atoms with Crippen molar-refractivity contribution in [3.05, 3.63) is 72.3 Å². The molecule has 81 heavy (non-hydrogen) atoms. The number of H-pyrrole nitrogens is 1. The molecule has 2 saturated carbocycles. The molecular formula is C63H92N12O6.